The lowest BCUT2D eigenvalue weighted by Crippen LogP contribution is -2.40. The van der Waals surface area contributed by atoms with Gasteiger partial charge in [0.05, 0.1) is 12.6 Å². The summed E-state index contributed by atoms with van der Waals surface area (Å²) in [6.45, 7) is 3.96. The van der Waals surface area contributed by atoms with E-state index in [1.807, 2.05) is 24.3 Å². The number of fused-ring (bicyclic) bond motifs is 2. The van der Waals surface area contributed by atoms with Gasteiger partial charge < -0.3 is 10.1 Å². The second-order valence-corrected chi connectivity index (χ2v) is 7.06. The first-order valence-electron chi connectivity index (χ1n) is 9.03. The van der Waals surface area contributed by atoms with Crippen LogP contribution in [0.4, 0.5) is 0 Å². The van der Waals surface area contributed by atoms with Crippen LogP contribution in [0.5, 0.6) is 5.75 Å². The minimum absolute atomic E-state index is 0.0728. The van der Waals surface area contributed by atoms with Crippen molar-refractivity contribution in [3.63, 3.8) is 0 Å². The molecule has 4 nitrogen and oxygen atoms in total. The van der Waals surface area contributed by atoms with E-state index in [0.717, 1.165) is 37.2 Å². The molecule has 2 atom stereocenters. The van der Waals surface area contributed by atoms with E-state index in [-0.39, 0.29) is 18.1 Å². The molecular weight excluding hydrogens is 312 g/mol. The molecule has 1 amide bonds. The first kappa shape index (κ1) is 16.2. The van der Waals surface area contributed by atoms with E-state index in [4.69, 9.17) is 4.74 Å². The van der Waals surface area contributed by atoms with Crippen molar-refractivity contribution >= 4 is 5.91 Å². The highest BCUT2D eigenvalue weighted by Gasteiger charge is 2.26. The van der Waals surface area contributed by atoms with Gasteiger partial charge in [0.15, 0.2) is 0 Å². The van der Waals surface area contributed by atoms with Crippen LogP contribution < -0.4 is 10.1 Å². The largest absolute Gasteiger partial charge is 0.489 e. The average Bonchev–Trinajstić information content (AvgIpc) is 2.91. The zero-order chi connectivity index (χ0) is 17.2. The Morgan fingerprint density at radius 2 is 1.92 bits per heavy atom. The number of amides is 1. The molecule has 0 radical (unpaired) electrons. The number of para-hydroxylation sites is 1. The highest BCUT2D eigenvalue weighted by Crippen LogP contribution is 2.30. The summed E-state index contributed by atoms with van der Waals surface area (Å²) in [5.41, 5.74) is 3.78. The van der Waals surface area contributed by atoms with Gasteiger partial charge in [0.1, 0.15) is 11.9 Å². The molecular formula is C21H24N2O2. The third-order valence-electron chi connectivity index (χ3n) is 5.05. The second kappa shape index (κ2) is 6.89. The van der Waals surface area contributed by atoms with E-state index in [2.05, 4.69) is 41.4 Å². The van der Waals surface area contributed by atoms with Gasteiger partial charge in [-0.25, -0.2) is 0 Å². The summed E-state index contributed by atoms with van der Waals surface area (Å²) >= 11 is 0. The zero-order valence-electron chi connectivity index (χ0n) is 14.6. The molecule has 2 aromatic rings. The molecule has 0 fully saturated rings. The summed E-state index contributed by atoms with van der Waals surface area (Å²) < 4.78 is 5.98. The molecule has 0 aromatic heterocycles. The van der Waals surface area contributed by atoms with Gasteiger partial charge in [0.2, 0.25) is 5.91 Å². The van der Waals surface area contributed by atoms with Crippen molar-refractivity contribution < 1.29 is 9.53 Å². The summed E-state index contributed by atoms with van der Waals surface area (Å²) in [5.74, 6) is 1.02. The smallest absolute Gasteiger partial charge is 0.234 e. The molecule has 1 aliphatic heterocycles. The van der Waals surface area contributed by atoms with Crippen LogP contribution in [0.2, 0.25) is 0 Å². The number of benzene rings is 2. The third-order valence-corrected chi connectivity index (χ3v) is 5.05. The number of hydrogen-bond acceptors (Lipinski definition) is 3. The Morgan fingerprint density at radius 1 is 1.16 bits per heavy atom. The number of nitrogens with zero attached hydrogens (tertiary/aromatic N) is 1. The lowest BCUT2D eigenvalue weighted by Gasteiger charge is -2.22. The third kappa shape index (κ3) is 3.54. The van der Waals surface area contributed by atoms with Crippen molar-refractivity contribution in [2.24, 2.45) is 0 Å². The van der Waals surface area contributed by atoms with Crippen molar-refractivity contribution in [2.45, 2.75) is 38.5 Å². The van der Waals surface area contributed by atoms with Crippen molar-refractivity contribution in [3.05, 3.63) is 65.2 Å². The van der Waals surface area contributed by atoms with Crippen LogP contribution in [-0.4, -0.2) is 30.0 Å². The monoisotopic (exact) mass is 336 g/mol. The van der Waals surface area contributed by atoms with Gasteiger partial charge in [-0.2, -0.15) is 0 Å². The minimum Gasteiger partial charge on any atom is -0.489 e. The van der Waals surface area contributed by atoms with Crippen LogP contribution in [0, 0.1) is 0 Å². The van der Waals surface area contributed by atoms with Crippen LogP contribution in [0.15, 0.2) is 48.5 Å². The Labute approximate surface area is 148 Å². The summed E-state index contributed by atoms with van der Waals surface area (Å²) in [6.07, 6.45) is 2.11. The molecule has 2 aliphatic rings. The summed E-state index contributed by atoms with van der Waals surface area (Å²) in [7, 11) is 0. The molecule has 1 heterocycles. The number of carbonyl (C=O) groups excluding carboxylic acids is 1. The molecule has 4 heteroatoms. The molecule has 1 N–H and O–H groups in total. The number of hydrogen-bond donors (Lipinski definition) is 1. The van der Waals surface area contributed by atoms with Gasteiger partial charge in [-0.15, -0.1) is 0 Å². The summed E-state index contributed by atoms with van der Waals surface area (Å²) in [6, 6.07) is 16.6. The first-order valence-corrected chi connectivity index (χ1v) is 9.03. The van der Waals surface area contributed by atoms with E-state index >= 15 is 0 Å². The van der Waals surface area contributed by atoms with Gasteiger partial charge in [-0.1, -0.05) is 42.5 Å². The zero-order valence-corrected chi connectivity index (χ0v) is 14.6. The number of rotatable bonds is 3. The van der Waals surface area contributed by atoms with E-state index in [0.29, 0.717) is 6.54 Å². The topological polar surface area (TPSA) is 41.6 Å². The van der Waals surface area contributed by atoms with E-state index in [1.165, 1.54) is 11.1 Å². The van der Waals surface area contributed by atoms with Crippen LogP contribution in [0.3, 0.4) is 0 Å². The molecule has 25 heavy (non-hydrogen) atoms. The van der Waals surface area contributed by atoms with Gasteiger partial charge in [-0.05, 0) is 37.0 Å². The van der Waals surface area contributed by atoms with Gasteiger partial charge in [0, 0.05) is 18.7 Å². The molecule has 4 rings (SSSR count). The number of ether oxygens (including phenoxy) is 1. The van der Waals surface area contributed by atoms with Crippen LogP contribution in [-0.2, 0) is 17.8 Å². The highest BCUT2D eigenvalue weighted by molar-refractivity contribution is 5.78. The molecule has 1 aliphatic carbocycles. The Bertz CT molecular complexity index is 774. The minimum atomic E-state index is 0.0728. The number of nitrogens with one attached hydrogen (secondary N) is 1. The Morgan fingerprint density at radius 3 is 2.80 bits per heavy atom. The first-order chi connectivity index (χ1) is 12.2. The molecule has 2 aromatic carbocycles. The predicted octanol–water partition coefficient (Wildman–Crippen LogP) is 3.07. The maximum Gasteiger partial charge on any atom is 0.234 e. The maximum absolute atomic E-state index is 12.6. The lowest BCUT2D eigenvalue weighted by molar-refractivity contribution is -0.123. The van der Waals surface area contributed by atoms with E-state index in [1.54, 1.807) is 0 Å². The fourth-order valence-electron chi connectivity index (χ4n) is 3.94. The molecule has 0 saturated heterocycles. The average molecular weight is 336 g/mol. The second-order valence-electron chi connectivity index (χ2n) is 7.06. The summed E-state index contributed by atoms with van der Waals surface area (Å²) in [4.78, 5) is 14.8. The van der Waals surface area contributed by atoms with E-state index < -0.39 is 0 Å². The van der Waals surface area contributed by atoms with Crippen molar-refractivity contribution in [1.82, 2.24) is 10.2 Å². The molecule has 0 spiro atoms. The lowest BCUT2D eigenvalue weighted by atomic mass is 10.1. The number of aryl methyl sites for hydroxylation is 1. The Balaban J connectivity index is 1.41. The Hall–Kier alpha value is -2.33. The van der Waals surface area contributed by atoms with Crippen molar-refractivity contribution in [3.8, 4) is 5.75 Å². The standard InChI is InChI=1S/C21H24N2O2/c1-15-12-23(13-17-7-3-5-9-20(17)25-15)14-21(24)22-19-11-10-16-6-2-4-8-18(16)19/h2-9,15,19H,10-14H2,1H3,(H,22,24). The molecule has 130 valence electrons. The van der Waals surface area contributed by atoms with Crippen molar-refractivity contribution in [2.75, 3.05) is 13.1 Å². The van der Waals surface area contributed by atoms with Crippen LogP contribution in [0.25, 0.3) is 0 Å². The SMILES string of the molecule is CC1CN(CC(=O)NC2CCc3ccccc32)Cc2ccccc2O1. The highest BCUT2D eigenvalue weighted by atomic mass is 16.5. The maximum atomic E-state index is 12.6. The van der Waals surface area contributed by atoms with Crippen LogP contribution >= 0.6 is 0 Å². The molecule has 0 saturated carbocycles. The predicted molar refractivity (Wildman–Crippen MR) is 97.5 cm³/mol. The fraction of sp³-hybridized carbons (Fsp3) is 0.381. The van der Waals surface area contributed by atoms with Gasteiger partial charge >= 0.3 is 0 Å². The number of carbonyl (C=O) groups is 1. The quantitative estimate of drug-likeness (QED) is 0.936. The van der Waals surface area contributed by atoms with Gasteiger partial charge in [0.25, 0.3) is 0 Å². The molecule has 2 unspecified atom stereocenters. The normalized spacial score (nSPS) is 22.4. The molecule has 0 bridgehead atoms. The van der Waals surface area contributed by atoms with Crippen LogP contribution in [0.1, 0.15) is 36.1 Å². The summed E-state index contributed by atoms with van der Waals surface area (Å²) in [5, 5.41) is 3.22. The van der Waals surface area contributed by atoms with Gasteiger partial charge in [-0.3, -0.25) is 9.69 Å². The Kier molecular flexibility index (Phi) is 4.45. The fourth-order valence-corrected chi connectivity index (χ4v) is 3.94. The van der Waals surface area contributed by atoms with E-state index in [9.17, 15) is 4.79 Å². The van der Waals surface area contributed by atoms with Crippen molar-refractivity contribution in [1.29, 1.82) is 0 Å².